The molecule has 5 heteroatoms. The Morgan fingerprint density at radius 3 is 2.60 bits per heavy atom. The first-order valence-corrected chi connectivity index (χ1v) is 6.84. The van der Waals surface area contributed by atoms with Gasteiger partial charge in [-0.3, -0.25) is 9.98 Å². The van der Waals surface area contributed by atoms with Crippen LogP contribution in [-0.2, 0) is 11.3 Å². The summed E-state index contributed by atoms with van der Waals surface area (Å²) >= 11 is 0. The summed E-state index contributed by atoms with van der Waals surface area (Å²) in [4.78, 5) is 8.47. The summed E-state index contributed by atoms with van der Waals surface area (Å²) < 4.78 is 5.51. The molecule has 2 N–H and O–H groups in total. The maximum Gasteiger partial charge on any atom is 0.191 e. The second-order valence-corrected chi connectivity index (χ2v) is 5.72. The summed E-state index contributed by atoms with van der Waals surface area (Å²) in [5, 5.41) is 6.52. The van der Waals surface area contributed by atoms with E-state index in [2.05, 4.69) is 41.4 Å². The van der Waals surface area contributed by atoms with E-state index in [0.717, 1.165) is 11.7 Å². The molecule has 0 aliphatic carbocycles. The first kappa shape index (κ1) is 16.4. The maximum atomic E-state index is 5.51. The lowest BCUT2D eigenvalue weighted by atomic mass is 9.89. The van der Waals surface area contributed by atoms with Gasteiger partial charge in [0.15, 0.2) is 5.96 Å². The van der Waals surface area contributed by atoms with Crippen LogP contribution in [0.4, 0.5) is 0 Å². The molecule has 0 bridgehead atoms. The third-order valence-electron chi connectivity index (χ3n) is 3.09. The number of hydrogen-bond donors (Lipinski definition) is 2. The molecule has 0 saturated carbocycles. The summed E-state index contributed by atoms with van der Waals surface area (Å²) in [6, 6.07) is 5.86. The van der Waals surface area contributed by atoms with Crippen LogP contribution in [0, 0.1) is 5.41 Å². The number of aromatic nitrogens is 1. The fourth-order valence-electron chi connectivity index (χ4n) is 1.83. The van der Waals surface area contributed by atoms with Gasteiger partial charge in [0.1, 0.15) is 0 Å². The van der Waals surface area contributed by atoms with Crippen LogP contribution in [0.1, 0.15) is 26.5 Å². The standard InChI is InChI=1S/C15H26N4O/c1-15(2,3)13(20-5)11-19-14(16-4)18-10-12-8-6-7-9-17-12/h6-9,13H,10-11H2,1-5H3,(H2,16,18,19). The van der Waals surface area contributed by atoms with Crippen LogP contribution in [0.25, 0.3) is 0 Å². The van der Waals surface area contributed by atoms with Crippen molar-refractivity contribution in [3.63, 3.8) is 0 Å². The zero-order valence-electron chi connectivity index (χ0n) is 13.1. The minimum atomic E-state index is 0.0849. The molecular weight excluding hydrogens is 252 g/mol. The van der Waals surface area contributed by atoms with Gasteiger partial charge in [-0.05, 0) is 17.5 Å². The Hall–Kier alpha value is -1.62. The van der Waals surface area contributed by atoms with Crippen LogP contribution >= 0.6 is 0 Å². The van der Waals surface area contributed by atoms with Gasteiger partial charge in [0, 0.05) is 26.9 Å². The number of ether oxygens (including phenoxy) is 1. The van der Waals surface area contributed by atoms with Gasteiger partial charge in [0.25, 0.3) is 0 Å². The number of guanidine groups is 1. The summed E-state index contributed by atoms with van der Waals surface area (Å²) in [6.07, 6.45) is 1.91. The zero-order chi connectivity index (χ0) is 15.0. The van der Waals surface area contributed by atoms with Crippen molar-refractivity contribution in [2.45, 2.75) is 33.4 Å². The second kappa shape index (κ2) is 7.85. The number of rotatable bonds is 5. The Kier molecular flexibility index (Phi) is 6.45. The van der Waals surface area contributed by atoms with Crippen molar-refractivity contribution in [2.24, 2.45) is 10.4 Å². The molecule has 0 spiro atoms. The van der Waals surface area contributed by atoms with E-state index in [-0.39, 0.29) is 11.5 Å². The van der Waals surface area contributed by atoms with Crippen LogP contribution in [0.3, 0.4) is 0 Å². The van der Waals surface area contributed by atoms with Gasteiger partial charge in [0.2, 0.25) is 0 Å². The van der Waals surface area contributed by atoms with Gasteiger partial charge in [-0.25, -0.2) is 0 Å². The molecule has 1 unspecified atom stereocenters. The second-order valence-electron chi connectivity index (χ2n) is 5.72. The van der Waals surface area contributed by atoms with Crippen LogP contribution in [0.2, 0.25) is 0 Å². The predicted molar refractivity (Wildman–Crippen MR) is 82.7 cm³/mol. The number of hydrogen-bond acceptors (Lipinski definition) is 3. The average molecular weight is 278 g/mol. The van der Waals surface area contributed by atoms with Gasteiger partial charge in [-0.1, -0.05) is 26.8 Å². The van der Waals surface area contributed by atoms with E-state index in [1.807, 2.05) is 18.2 Å². The number of pyridine rings is 1. The van der Waals surface area contributed by atoms with Gasteiger partial charge in [-0.2, -0.15) is 0 Å². The van der Waals surface area contributed by atoms with E-state index in [1.54, 1.807) is 20.4 Å². The van der Waals surface area contributed by atoms with Crippen molar-refractivity contribution in [1.29, 1.82) is 0 Å². The molecule has 5 nitrogen and oxygen atoms in total. The number of methoxy groups -OCH3 is 1. The molecule has 1 rings (SSSR count). The molecule has 0 aromatic carbocycles. The van der Waals surface area contributed by atoms with E-state index >= 15 is 0 Å². The third-order valence-corrected chi connectivity index (χ3v) is 3.09. The minimum Gasteiger partial charge on any atom is -0.379 e. The van der Waals surface area contributed by atoms with E-state index in [4.69, 9.17) is 4.74 Å². The van der Waals surface area contributed by atoms with E-state index < -0.39 is 0 Å². The SMILES string of the molecule is CN=C(NCc1ccccn1)NCC(OC)C(C)(C)C. The van der Waals surface area contributed by atoms with Crippen LogP contribution in [-0.4, -0.2) is 37.7 Å². The lowest BCUT2D eigenvalue weighted by molar-refractivity contribution is 0.0205. The molecule has 0 aliphatic heterocycles. The van der Waals surface area contributed by atoms with Crippen LogP contribution < -0.4 is 10.6 Å². The molecule has 0 aliphatic rings. The van der Waals surface area contributed by atoms with Crippen LogP contribution in [0.5, 0.6) is 0 Å². The van der Waals surface area contributed by atoms with E-state index in [0.29, 0.717) is 13.1 Å². The summed E-state index contributed by atoms with van der Waals surface area (Å²) in [6.45, 7) is 7.84. The molecule has 0 fully saturated rings. The fourth-order valence-corrected chi connectivity index (χ4v) is 1.83. The topological polar surface area (TPSA) is 58.5 Å². The average Bonchev–Trinajstić information content (AvgIpc) is 2.42. The monoisotopic (exact) mass is 278 g/mol. The largest absolute Gasteiger partial charge is 0.379 e. The van der Waals surface area contributed by atoms with Crippen LogP contribution in [0.15, 0.2) is 29.4 Å². The number of nitrogens with one attached hydrogen (secondary N) is 2. The van der Waals surface area contributed by atoms with Gasteiger partial charge in [0.05, 0.1) is 18.3 Å². The van der Waals surface area contributed by atoms with Crippen molar-refractivity contribution >= 4 is 5.96 Å². The Balaban J connectivity index is 2.44. The van der Waals surface area contributed by atoms with Crippen molar-refractivity contribution in [3.05, 3.63) is 30.1 Å². The van der Waals surface area contributed by atoms with E-state index in [9.17, 15) is 0 Å². The quantitative estimate of drug-likeness (QED) is 0.637. The summed E-state index contributed by atoms with van der Waals surface area (Å²) in [5.41, 5.74) is 1.07. The molecule has 20 heavy (non-hydrogen) atoms. The molecule has 1 aromatic rings. The Morgan fingerprint density at radius 2 is 2.10 bits per heavy atom. The molecule has 0 amide bonds. The fraction of sp³-hybridized carbons (Fsp3) is 0.600. The lowest BCUT2D eigenvalue weighted by Gasteiger charge is -2.30. The smallest absolute Gasteiger partial charge is 0.191 e. The number of aliphatic imine (C=N–C) groups is 1. The van der Waals surface area contributed by atoms with Crippen molar-refractivity contribution in [3.8, 4) is 0 Å². The molecule has 1 atom stereocenters. The summed E-state index contributed by atoms with van der Waals surface area (Å²) in [5.74, 6) is 0.752. The summed E-state index contributed by atoms with van der Waals surface area (Å²) in [7, 11) is 3.49. The highest BCUT2D eigenvalue weighted by Gasteiger charge is 2.24. The molecular formula is C15H26N4O. The first-order chi connectivity index (χ1) is 9.47. The molecule has 1 aromatic heterocycles. The molecule has 0 radical (unpaired) electrons. The highest BCUT2D eigenvalue weighted by Crippen LogP contribution is 2.20. The molecule has 0 saturated heterocycles. The first-order valence-electron chi connectivity index (χ1n) is 6.84. The minimum absolute atomic E-state index is 0.0849. The van der Waals surface area contributed by atoms with Gasteiger partial charge >= 0.3 is 0 Å². The number of nitrogens with zero attached hydrogens (tertiary/aromatic N) is 2. The highest BCUT2D eigenvalue weighted by molar-refractivity contribution is 5.79. The Morgan fingerprint density at radius 1 is 1.35 bits per heavy atom. The Bertz CT molecular complexity index is 412. The van der Waals surface area contributed by atoms with E-state index in [1.165, 1.54) is 0 Å². The van der Waals surface area contributed by atoms with Crippen molar-refractivity contribution in [2.75, 3.05) is 20.7 Å². The molecule has 1 heterocycles. The molecule has 112 valence electrons. The van der Waals surface area contributed by atoms with Crippen molar-refractivity contribution < 1.29 is 4.74 Å². The van der Waals surface area contributed by atoms with Gasteiger partial charge in [-0.15, -0.1) is 0 Å². The van der Waals surface area contributed by atoms with Crippen molar-refractivity contribution in [1.82, 2.24) is 15.6 Å². The highest BCUT2D eigenvalue weighted by atomic mass is 16.5. The maximum absolute atomic E-state index is 5.51. The third kappa shape index (κ3) is 5.57. The lowest BCUT2D eigenvalue weighted by Crippen LogP contribution is -2.45. The van der Waals surface area contributed by atoms with Gasteiger partial charge < -0.3 is 15.4 Å². The predicted octanol–water partition coefficient (Wildman–Crippen LogP) is 1.81. The zero-order valence-corrected chi connectivity index (χ0v) is 13.1. The Labute approximate surface area is 121 Å². The normalized spacial score (nSPS) is 13.9.